The van der Waals surface area contributed by atoms with Gasteiger partial charge in [0, 0.05) is 25.4 Å². The Morgan fingerprint density at radius 1 is 1.62 bits per heavy atom. The van der Waals surface area contributed by atoms with Crippen LogP contribution < -0.4 is 5.32 Å². The van der Waals surface area contributed by atoms with Gasteiger partial charge in [0.05, 0.1) is 18.6 Å². The van der Waals surface area contributed by atoms with E-state index in [0.717, 1.165) is 19.5 Å². The Bertz CT molecular complexity index is 190. The van der Waals surface area contributed by atoms with E-state index in [-0.39, 0.29) is 11.9 Å². The van der Waals surface area contributed by atoms with Crippen molar-refractivity contribution in [2.45, 2.75) is 25.2 Å². The number of alkyl halides is 1. The molecular formula is C9H16ClNO2. The van der Waals surface area contributed by atoms with E-state index in [1.165, 1.54) is 0 Å². The molecular weight excluding hydrogens is 190 g/mol. The molecule has 3 atom stereocenters. The highest BCUT2D eigenvalue weighted by Gasteiger charge is 2.46. The van der Waals surface area contributed by atoms with Gasteiger partial charge in [-0.15, -0.1) is 11.6 Å². The number of hydrogen-bond donors (Lipinski definition) is 1. The Morgan fingerprint density at radius 2 is 2.46 bits per heavy atom. The topological polar surface area (TPSA) is 30.5 Å². The Kier molecular flexibility index (Phi) is 2.79. The highest BCUT2D eigenvalue weighted by molar-refractivity contribution is 6.18. The van der Waals surface area contributed by atoms with Crippen LogP contribution in [-0.4, -0.2) is 37.5 Å². The van der Waals surface area contributed by atoms with Gasteiger partial charge < -0.3 is 14.8 Å². The fourth-order valence-electron chi connectivity index (χ4n) is 2.03. The van der Waals surface area contributed by atoms with Crippen molar-refractivity contribution in [3.05, 3.63) is 0 Å². The number of piperidine rings is 1. The predicted molar refractivity (Wildman–Crippen MR) is 50.9 cm³/mol. The first-order valence-electron chi connectivity index (χ1n) is 4.85. The van der Waals surface area contributed by atoms with Gasteiger partial charge in [0.2, 0.25) is 0 Å². The van der Waals surface area contributed by atoms with Gasteiger partial charge in [-0.3, -0.25) is 0 Å². The summed E-state index contributed by atoms with van der Waals surface area (Å²) in [5, 5.41) is 3.33. The molecule has 1 spiro atoms. The molecule has 3 unspecified atom stereocenters. The summed E-state index contributed by atoms with van der Waals surface area (Å²) in [7, 11) is 0. The summed E-state index contributed by atoms with van der Waals surface area (Å²) in [5.74, 6) is 0.599. The summed E-state index contributed by atoms with van der Waals surface area (Å²) in [4.78, 5) is 0. The lowest BCUT2D eigenvalue weighted by molar-refractivity contribution is -0.210. The van der Waals surface area contributed by atoms with Crippen molar-refractivity contribution >= 4 is 11.6 Å². The molecule has 2 saturated heterocycles. The van der Waals surface area contributed by atoms with Crippen LogP contribution in [0.2, 0.25) is 0 Å². The minimum absolute atomic E-state index is 0.0854. The van der Waals surface area contributed by atoms with E-state index in [0.29, 0.717) is 18.4 Å². The molecule has 2 rings (SSSR count). The van der Waals surface area contributed by atoms with Crippen molar-refractivity contribution in [1.29, 1.82) is 0 Å². The van der Waals surface area contributed by atoms with Crippen LogP contribution in [0.1, 0.15) is 13.3 Å². The lowest BCUT2D eigenvalue weighted by Gasteiger charge is -2.38. The van der Waals surface area contributed by atoms with E-state index < -0.39 is 0 Å². The summed E-state index contributed by atoms with van der Waals surface area (Å²) in [6, 6.07) is 0. The third-order valence-electron chi connectivity index (χ3n) is 2.90. The molecule has 76 valence electrons. The van der Waals surface area contributed by atoms with Crippen molar-refractivity contribution in [1.82, 2.24) is 5.32 Å². The van der Waals surface area contributed by atoms with Crippen LogP contribution in [0.25, 0.3) is 0 Å². The Balaban J connectivity index is 2.03. The van der Waals surface area contributed by atoms with Crippen LogP contribution in [0.3, 0.4) is 0 Å². The lowest BCUT2D eigenvalue weighted by Crippen LogP contribution is -2.50. The average molecular weight is 206 g/mol. The van der Waals surface area contributed by atoms with E-state index in [2.05, 4.69) is 12.2 Å². The smallest absolute Gasteiger partial charge is 0.173 e. The maximum Gasteiger partial charge on any atom is 0.173 e. The van der Waals surface area contributed by atoms with Gasteiger partial charge in [-0.1, -0.05) is 6.92 Å². The molecule has 0 aromatic rings. The molecule has 2 fully saturated rings. The number of rotatable bonds is 1. The molecule has 0 aromatic carbocycles. The molecule has 0 aromatic heterocycles. The monoisotopic (exact) mass is 205 g/mol. The molecule has 0 aliphatic carbocycles. The molecule has 3 nitrogen and oxygen atoms in total. The quantitative estimate of drug-likeness (QED) is 0.648. The minimum atomic E-state index is -0.342. The van der Waals surface area contributed by atoms with Gasteiger partial charge in [0.15, 0.2) is 5.79 Å². The molecule has 0 bridgehead atoms. The Hall–Kier alpha value is 0.170. The fourth-order valence-corrected chi connectivity index (χ4v) is 2.18. The van der Waals surface area contributed by atoms with Gasteiger partial charge in [0.1, 0.15) is 0 Å². The lowest BCUT2D eigenvalue weighted by atomic mass is 9.94. The Labute approximate surface area is 83.7 Å². The largest absolute Gasteiger partial charge is 0.347 e. The van der Waals surface area contributed by atoms with Gasteiger partial charge in [0.25, 0.3) is 0 Å². The summed E-state index contributed by atoms with van der Waals surface area (Å²) in [6.45, 7) is 4.74. The first-order chi connectivity index (χ1) is 6.27. The maximum absolute atomic E-state index is 5.86. The van der Waals surface area contributed by atoms with E-state index in [1.54, 1.807) is 0 Å². The minimum Gasteiger partial charge on any atom is -0.347 e. The van der Waals surface area contributed by atoms with E-state index in [1.807, 2.05) is 0 Å². The molecule has 1 N–H and O–H groups in total. The number of halogens is 1. The third kappa shape index (κ3) is 1.71. The van der Waals surface area contributed by atoms with Crippen LogP contribution in [0.15, 0.2) is 0 Å². The molecule has 0 amide bonds. The highest BCUT2D eigenvalue weighted by atomic mass is 35.5. The zero-order valence-corrected chi connectivity index (χ0v) is 8.64. The summed E-state index contributed by atoms with van der Waals surface area (Å²) >= 11 is 5.74. The second-order valence-corrected chi connectivity index (χ2v) is 4.18. The third-order valence-corrected chi connectivity index (χ3v) is 3.25. The van der Waals surface area contributed by atoms with Crippen molar-refractivity contribution in [3.63, 3.8) is 0 Å². The van der Waals surface area contributed by atoms with Gasteiger partial charge in [-0.05, 0) is 0 Å². The van der Waals surface area contributed by atoms with Crippen molar-refractivity contribution in [2.75, 3.05) is 25.6 Å². The first kappa shape index (κ1) is 9.71. The van der Waals surface area contributed by atoms with Gasteiger partial charge in [-0.25, -0.2) is 0 Å². The van der Waals surface area contributed by atoms with Crippen LogP contribution in [0.5, 0.6) is 0 Å². The van der Waals surface area contributed by atoms with Crippen LogP contribution in [-0.2, 0) is 9.47 Å². The number of ether oxygens (including phenoxy) is 2. The second-order valence-electron chi connectivity index (χ2n) is 3.87. The van der Waals surface area contributed by atoms with Crippen LogP contribution in [0, 0.1) is 5.92 Å². The predicted octanol–water partition coefficient (Wildman–Crippen LogP) is 0.966. The van der Waals surface area contributed by atoms with Crippen LogP contribution in [0.4, 0.5) is 0 Å². The maximum atomic E-state index is 5.86. The molecule has 0 radical (unpaired) electrons. The normalized spacial score (nSPS) is 45.7. The molecule has 2 heterocycles. The van der Waals surface area contributed by atoms with E-state index in [4.69, 9.17) is 21.1 Å². The van der Waals surface area contributed by atoms with Gasteiger partial charge in [-0.2, -0.15) is 0 Å². The van der Waals surface area contributed by atoms with Crippen LogP contribution >= 0.6 is 11.6 Å². The summed E-state index contributed by atoms with van der Waals surface area (Å²) in [5.41, 5.74) is 0. The molecule has 13 heavy (non-hydrogen) atoms. The standard InChI is InChI=1S/C9H16ClNO2/c1-7-5-11-3-2-9(7)12-6-8(4-10)13-9/h7-8,11H,2-6H2,1H3. The van der Waals surface area contributed by atoms with Crippen molar-refractivity contribution < 1.29 is 9.47 Å². The second kappa shape index (κ2) is 3.73. The zero-order valence-electron chi connectivity index (χ0n) is 7.88. The first-order valence-corrected chi connectivity index (χ1v) is 5.39. The zero-order chi connectivity index (χ0) is 9.31. The molecule has 2 aliphatic heterocycles. The van der Waals surface area contributed by atoms with Crippen molar-refractivity contribution in [3.8, 4) is 0 Å². The highest BCUT2D eigenvalue weighted by Crippen LogP contribution is 2.36. The number of nitrogens with one attached hydrogen (secondary N) is 1. The van der Waals surface area contributed by atoms with Gasteiger partial charge >= 0.3 is 0 Å². The van der Waals surface area contributed by atoms with E-state index in [9.17, 15) is 0 Å². The Morgan fingerprint density at radius 3 is 3.08 bits per heavy atom. The van der Waals surface area contributed by atoms with E-state index >= 15 is 0 Å². The molecule has 0 saturated carbocycles. The number of hydrogen-bond acceptors (Lipinski definition) is 3. The summed E-state index contributed by atoms with van der Waals surface area (Å²) in [6.07, 6.45) is 1.02. The molecule has 2 aliphatic rings. The SMILES string of the molecule is CC1CNCCC12OCC(CCl)O2. The van der Waals surface area contributed by atoms with Crippen molar-refractivity contribution in [2.24, 2.45) is 5.92 Å². The summed E-state index contributed by atoms with van der Waals surface area (Å²) < 4.78 is 11.6. The fraction of sp³-hybridized carbons (Fsp3) is 1.00. The average Bonchev–Trinajstić information content (AvgIpc) is 2.56. The molecule has 4 heteroatoms.